The SMILES string of the molecule is CCOC(=O)CC/C(C)=C\COC(=Nc1ccc(OC)cc1)C(F)(F)F. The first-order valence-corrected chi connectivity index (χ1v) is 8.00. The van der Waals surface area contributed by atoms with Gasteiger partial charge in [-0.3, -0.25) is 4.79 Å². The lowest BCUT2D eigenvalue weighted by atomic mass is 10.1. The first kappa shape index (κ1) is 21.5. The molecule has 26 heavy (non-hydrogen) atoms. The van der Waals surface area contributed by atoms with Gasteiger partial charge >= 0.3 is 12.1 Å². The van der Waals surface area contributed by atoms with Crippen LogP contribution in [-0.4, -0.2) is 38.4 Å². The van der Waals surface area contributed by atoms with E-state index in [1.807, 2.05) is 0 Å². The number of carbonyl (C=O) groups excluding carboxylic acids is 1. The number of benzene rings is 1. The van der Waals surface area contributed by atoms with E-state index in [0.717, 1.165) is 5.57 Å². The molecular weight excluding hydrogens is 351 g/mol. The summed E-state index contributed by atoms with van der Waals surface area (Å²) in [6, 6.07) is 5.81. The minimum absolute atomic E-state index is 0.0983. The summed E-state index contributed by atoms with van der Waals surface area (Å²) in [7, 11) is 1.46. The fourth-order valence-electron chi connectivity index (χ4n) is 1.85. The van der Waals surface area contributed by atoms with Gasteiger partial charge in [0.05, 0.1) is 19.4 Å². The smallest absolute Gasteiger partial charge is 0.468 e. The summed E-state index contributed by atoms with van der Waals surface area (Å²) >= 11 is 0. The highest BCUT2D eigenvalue weighted by Gasteiger charge is 2.38. The van der Waals surface area contributed by atoms with Gasteiger partial charge in [0, 0.05) is 6.42 Å². The molecule has 1 aromatic carbocycles. The summed E-state index contributed by atoms with van der Waals surface area (Å²) < 4.78 is 53.7. The number of carbonyl (C=O) groups is 1. The van der Waals surface area contributed by atoms with Crippen molar-refractivity contribution >= 4 is 17.6 Å². The second-order valence-corrected chi connectivity index (χ2v) is 5.28. The topological polar surface area (TPSA) is 57.1 Å². The lowest BCUT2D eigenvalue weighted by Gasteiger charge is -2.11. The zero-order chi connectivity index (χ0) is 19.6. The van der Waals surface area contributed by atoms with Gasteiger partial charge in [-0.2, -0.15) is 13.2 Å². The third-order valence-corrected chi connectivity index (χ3v) is 3.23. The van der Waals surface area contributed by atoms with Crippen LogP contribution in [0.4, 0.5) is 18.9 Å². The molecule has 0 radical (unpaired) electrons. The first-order valence-electron chi connectivity index (χ1n) is 8.00. The van der Waals surface area contributed by atoms with E-state index in [-0.39, 0.29) is 24.7 Å². The number of alkyl halides is 3. The standard InChI is InChI=1S/C18H22F3NO4/c1-4-25-16(23)10-5-13(2)11-12-26-17(18(19,20)21)22-14-6-8-15(24-3)9-7-14/h6-9,11H,4-5,10,12H2,1-3H3/b13-11-,22-17?. The van der Waals surface area contributed by atoms with E-state index in [0.29, 0.717) is 18.8 Å². The molecule has 0 saturated carbocycles. The number of hydrogen-bond donors (Lipinski definition) is 0. The van der Waals surface area contributed by atoms with Crippen LogP contribution in [0.5, 0.6) is 5.75 Å². The van der Waals surface area contributed by atoms with Gasteiger partial charge in [0.1, 0.15) is 12.4 Å². The summed E-state index contributed by atoms with van der Waals surface area (Å²) in [5.74, 6) is -1.17. The molecule has 0 unspecified atom stereocenters. The average Bonchev–Trinajstić information content (AvgIpc) is 2.59. The predicted molar refractivity (Wildman–Crippen MR) is 91.7 cm³/mol. The molecule has 0 N–H and O–H groups in total. The number of rotatable bonds is 8. The summed E-state index contributed by atoms with van der Waals surface area (Å²) in [5, 5.41) is 0. The number of allylic oxidation sites excluding steroid dienone is 1. The fraction of sp³-hybridized carbons (Fsp3) is 0.444. The fourth-order valence-corrected chi connectivity index (χ4v) is 1.85. The van der Waals surface area contributed by atoms with Crippen LogP contribution in [0.25, 0.3) is 0 Å². The Kier molecular flexibility index (Phi) is 8.67. The molecular formula is C18H22F3NO4. The third kappa shape index (κ3) is 8.04. The Balaban J connectivity index is 2.69. The molecule has 0 aliphatic carbocycles. The Morgan fingerprint density at radius 2 is 1.81 bits per heavy atom. The van der Waals surface area contributed by atoms with Crippen molar-refractivity contribution < 1.29 is 32.2 Å². The van der Waals surface area contributed by atoms with Crippen molar-refractivity contribution in [1.29, 1.82) is 0 Å². The van der Waals surface area contributed by atoms with Crippen molar-refractivity contribution in [3.8, 4) is 5.75 Å². The summed E-state index contributed by atoms with van der Waals surface area (Å²) in [5.41, 5.74) is 0.824. The van der Waals surface area contributed by atoms with E-state index in [2.05, 4.69) is 4.99 Å². The molecule has 0 heterocycles. The maximum absolute atomic E-state index is 13.1. The van der Waals surface area contributed by atoms with E-state index >= 15 is 0 Å². The highest BCUT2D eigenvalue weighted by molar-refractivity contribution is 5.84. The zero-order valence-corrected chi connectivity index (χ0v) is 14.9. The molecule has 0 atom stereocenters. The van der Waals surface area contributed by atoms with Crippen LogP contribution in [0.15, 0.2) is 40.9 Å². The van der Waals surface area contributed by atoms with Crippen molar-refractivity contribution in [2.24, 2.45) is 4.99 Å². The number of hydrogen-bond acceptors (Lipinski definition) is 5. The highest BCUT2D eigenvalue weighted by atomic mass is 19.4. The number of methoxy groups -OCH3 is 1. The number of ether oxygens (including phenoxy) is 3. The van der Waals surface area contributed by atoms with Gasteiger partial charge in [0.15, 0.2) is 0 Å². The molecule has 1 rings (SSSR count). The summed E-state index contributed by atoms with van der Waals surface area (Å²) in [6.07, 6.45) is -2.68. The molecule has 0 bridgehead atoms. The van der Waals surface area contributed by atoms with Crippen molar-refractivity contribution in [2.45, 2.75) is 32.9 Å². The molecule has 0 spiro atoms. The number of nitrogens with zero attached hydrogens (tertiary/aromatic N) is 1. The molecule has 0 aliphatic heterocycles. The van der Waals surface area contributed by atoms with Crippen molar-refractivity contribution in [1.82, 2.24) is 0 Å². The van der Waals surface area contributed by atoms with Crippen molar-refractivity contribution in [3.63, 3.8) is 0 Å². The molecule has 0 aliphatic rings. The van der Waals surface area contributed by atoms with Gasteiger partial charge in [0.2, 0.25) is 0 Å². The number of aliphatic imine (C=N–C) groups is 1. The van der Waals surface area contributed by atoms with Crippen LogP contribution in [0.1, 0.15) is 26.7 Å². The Hall–Kier alpha value is -2.51. The van der Waals surface area contributed by atoms with E-state index in [1.54, 1.807) is 13.8 Å². The summed E-state index contributed by atoms with van der Waals surface area (Å²) in [4.78, 5) is 14.8. The minimum atomic E-state index is -4.72. The number of esters is 1. The molecule has 5 nitrogen and oxygen atoms in total. The van der Waals surface area contributed by atoms with Crippen LogP contribution in [0.2, 0.25) is 0 Å². The molecule has 0 amide bonds. The van der Waals surface area contributed by atoms with E-state index in [4.69, 9.17) is 14.2 Å². The molecule has 144 valence electrons. The lowest BCUT2D eigenvalue weighted by molar-refractivity contribution is -0.143. The van der Waals surface area contributed by atoms with Gasteiger partial charge < -0.3 is 14.2 Å². The molecule has 0 saturated heterocycles. The maximum Gasteiger partial charge on any atom is 0.468 e. The largest absolute Gasteiger partial charge is 0.497 e. The third-order valence-electron chi connectivity index (χ3n) is 3.23. The first-order chi connectivity index (χ1) is 12.3. The van der Waals surface area contributed by atoms with Gasteiger partial charge in [-0.15, -0.1) is 0 Å². The van der Waals surface area contributed by atoms with Gasteiger partial charge in [-0.1, -0.05) is 5.57 Å². The quantitative estimate of drug-likeness (QED) is 0.289. The van der Waals surface area contributed by atoms with Crippen LogP contribution in [-0.2, 0) is 14.3 Å². The molecule has 1 aromatic rings. The number of halogens is 3. The maximum atomic E-state index is 13.1. The average molecular weight is 373 g/mol. The van der Waals surface area contributed by atoms with E-state index in [1.165, 1.54) is 37.5 Å². The molecule has 8 heteroatoms. The Bertz CT molecular complexity index is 637. The van der Waals surface area contributed by atoms with Gasteiger partial charge in [-0.05, 0) is 50.6 Å². The Morgan fingerprint density at radius 1 is 1.15 bits per heavy atom. The minimum Gasteiger partial charge on any atom is -0.497 e. The van der Waals surface area contributed by atoms with Crippen LogP contribution < -0.4 is 4.74 Å². The van der Waals surface area contributed by atoms with Crippen molar-refractivity contribution in [2.75, 3.05) is 20.3 Å². The second-order valence-electron chi connectivity index (χ2n) is 5.28. The van der Waals surface area contributed by atoms with E-state index in [9.17, 15) is 18.0 Å². The Labute approximate surface area is 150 Å². The lowest BCUT2D eigenvalue weighted by Crippen LogP contribution is -2.25. The second kappa shape index (κ2) is 10.5. The monoisotopic (exact) mass is 373 g/mol. The van der Waals surface area contributed by atoms with E-state index < -0.39 is 12.1 Å². The zero-order valence-electron chi connectivity index (χ0n) is 14.9. The van der Waals surface area contributed by atoms with Crippen LogP contribution in [0, 0.1) is 0 Å². The van der Waals surface area contributed by atoms with Crippen molar-refractivity contribution in [3.05, 3.63) is 35.9 Å². The molecule has 0 fully saturated rings. The Morgan fingerprint density at radius 3 is 2.35 bits per heavy atom. The van der Waals surface area contributed by atoms with Crippen LogP contribution in [0.3, 0.4) is 0 Å². The van der Waals surface area contributed by atoms with Gasteiger partial charge in [0.25, 0.3) is 5.90 Å². The summed E-state index contributed by atoms with van der Waals surface area (Å²) in [6.45, 7) is 3.40. The molecule has 0 aromatic heterocycles. The predicted octanol–water partition coefficient (Wildman–Crippen LogP) is 4.59. The van der Waals surface area contributed by atoms with Gasteiger partial charge in [-0.25, -0.2) is 4.99 Å². The normalized spacial score (nSPS) is 12.7. The van der Waals surface area contributed by atoms with Crippen LogP contribution >= 0.6 is 0 Å². The highest BCUT2D eigenvalue weighted by Crippen LogP contribution is 2.24.